The number of nitro benzene ring substituents is 1. The number of benzene rings is 1. The van der Waals surface area contributed by atoms with Crippen LogP contribution in [0, 0.1) is 10.1 Å². The molecule has 0 spiro atoms. The Kier molecular flexibility index (Phi) is 4.25. The van der Waals surface area contributed by atoms with Crippen LogP contribution < -0.4 is 5.32 Å². The summed E-state index contributed by atoms with van der Waals surface area (Å²) in [7, 11) is -3.49. The van der Waals surface area contributed by atoms with E-state index in [1.807, 2.05) is 0 Å². The summed E-state index contributed by atoms with van der Waals surface area (Å²) >= 11 is 0. The molecule has 0 heterocycles. The largest absolute Gasteiger partial charge is 0.394 e. The smallest absolute Gasteiger partial charge is 0.293 e. The van der Waals surface area contributed by atoms with Crippen molar-refractivity contribution in [3.8, 4) is 0 Å². The number of aliphatic hydroxyl groups is 1. The Balaban J connectivity index is 3.25. The van der Waals surface area contributed by atoms with E-state index in [0.717, 1.165) is 12.3 Å². The summed E-state index contributed by atoms with van der Waals surface area (Å²) in [6.07, 6.45) is 0.982. The standard InChI is InChI=1S/C10H14N2O5S/c1-7(6-13)11-9-4-3-8(18(2,16)17)5-10(9)12(14)15/h3-5,7,11,13H,6H2,1-2H3. The normalized spacial score (nSPS) is 13.1. The lowest BCUT2D eigenvalue weighted by molar-refractivity contribution is -0.384. The number of nitro groups is 1. The van der Waals surface area contributed by atoms with E-state index in [1.165, 1.54) is 12.1 Å². The van der Waals surface area contributed by atoms with E-state index in [1.54, 1.807) is 6.92 Å². The van der Waals surface area contributed by atoms with Crippen LogP contribution in [0.3, 0.4) is 0 Å². The molecule has 0 aromatic heterocycles. The van der Waals surface area contributed by atoms with Gasteiger partial charge in [-0.05, 0) is 19.1 Å². The number of hydrogen-bond donors (Lipinski definition) is 2. The van der Waals surface area contributed by atoms with E-state index in [-0.39, 0.29) is 28.9 Å². The van der Waals surface area contributed by atoms with Gasteiger partial charge in [-0.3, -0.25) is 10.1 Å². The molecule has 8 heteroatoms. The zero-order chi connectivity index (χ0) is 13.9. The summed E-state index contributed by atoms with van der Waals surface area (Å²) in [4.78, 5) is 10.1. The minimum absolute atomic E-state index is 0.114. The fourth-order valence-corrected chi connectivity index (χ4v) is 1.97. The Bertz CT molecular complexity index is 555. The van der Waals surface area contributed by atoms with Crippen molar-refractivity contribution in [2.75, 3.05) is 18.2 Å². The number of nitrogens with zero attached hydrogens (tertiary/aromatic N) is 1. The Labute approximate surface area is 105 Å². The Morgan fingerprint density at radius 2 is 2.11 bits per heavy atom. The predicted octanol–water partition coefficient (Wildman–Crippen LogP) is 0.791. The topological polar surface area (TPSA) is 110 Å². The number of anilines is 1. The summed E-state index contributed by atoms with van der Waals surface area (Å²) < 4.78 is 22.6. The van der Waals surface area contributed by atoms with E-state index in [0.29, 0.717) is 0 Å². The van der Waals surface area contributed by atoms with Crippen LogP contribution in [0.25, 0.3) is 0 Å². The van der Waals surface area contributed by atoms with Crippen molar-refractivity contribution in [3.63, 3.8) is 0 Å². The molecule has 1 aromatic rings. The van der Waals surface area contributed by atoms with Gasteiger partial charge < -0.3 is 10.4 Å². The summed E-state index contributed by atoms with van der Waals surface area (Å²) in [5, 5.41) is 22.5. The summed E-state index contributed by atoms with van der Waals surface area (Å²) in [5.74, 6) is 0. The van der Waals surface area contributed by atoms with E-state index < -0.39 is 14.8 Å². The van der Waals surface area contributed by atoms with Crippen molar-refractivity contribution in [1.29, 1.82) is 0 Å². The molecule has 0 saturated heterocycles. The molecule has 0 aliphatic heterocycles. The van der Waals surface area contributed by atoms with Gasteiger partial charge in [-0.15, -0.1) is 0 Å². The Hall–Kier alpha value is -1.67. The molecule has 0 aliphatic carbocycles. The molecule has 0 aliphatic rings. The van der Waals surface area contributed by atoms with Crippen molar-refractivity contribution >= 4 is 21.2 Å². The second-order valence-corrected chi connectivity index (χ2v) is 5.95. The summed E-state index contributed by atoms with van der Waals surface area (Å²) in [5.41, 5.74) is -0.160. The first-order valence-electron chi connectivity index (χ1n) is 5.11. The molecule has 1 rings (SSSR count). The van der Waals surface area contributed by atoms with Crippen LogP contribution in [-0.4, -0.2) is 37.4 Å². The zero-order valence-corrected chi connectivity index (χ0v) is 10.8. The van der Waals surface area contributed by atoms with E-state index in [4.69, 9.17) is 5.11 Å². The maximum atomic E-state index is 11.3. The molecular formula is C10H14N2O5S. The van der Waals surface area contributed by atoms with Gasteiger partial charge in [0.2, 0.25) is 0 Å². The van der Waals surface area contributed by atoms with Crippen LogP contribution in [0.15, 0.2) is 23.1 Å². The van der Waals surface area contributed by atoms with Crippen molar-refractivity contribution in [2.45, 2.75) is 17.9 Å². The fourth-order valence-electron chi connectivity index (χ4n) is 1.33. The molecular weight excluding hydrogens is 260 g/mol. The second-order valence-electron chi connectivity index (χ2n) is 3.94. The molecule has 1 atom stereocenters. The number of hydrogen-bond acceptors (Lipinski definition) is 6. The van der Waals surface area contributed by atoms with Gasteiger partial charge in [0.15, 0.2) is 9.84 Å². The molecule has 0 bridgehead atoms. The van der Waals surface area contributed by atoms with Gasteiger partial charge in [-0.2, -0.15) is 0 Å². The molecule has 0 radical (unpaired) electrons. The summed E-state index contributed by atoms with van der Waals surface area (Å²) in [6, 6.07) is 3.24. The first-order chi connectivity index (χ1) is 8.25. The molecule has 100 valence electrons. The van der Waals surface area contributed by atoms with Gasteiger partial charge in [0.25, 0.3) is 5.69 Å². The maximum Gasteiger partial charge on any atom is 0.293 e. The van der Waals surface area contributed by atoms with E-state index in [2.05, 4.69) is 5.32 Å². The van der Waals surface area contributed by atoms with E-state index in [9.17, 15) is 18.5 Å². The first kappa shape index (κ1) is 14.4. The lowest BCUT2D eigenvalue weighted by Gasteiger charge is -2.12. The highest BCUT2D eigenvalue weighted by molar-refractivity contribution is 7.90. The highest BCUT2D eigenvalue weighted by Gasteiger charge is 2.19. The van der Waals surface area contributed by atoms with Crippen LogP contribution >= 0.6 is 0 Å². The third-order valence-corrected chi connectivity index (χ3v) is 3.38. The fraction of sp³-hybridized carbons (Fsp3) is 0.400. The first-order valence-corrected chi connectivity index (χ1v) is 7.00. The molecule has 1 unspecified atom stereocenters. The van der Waals surface area contributed by atoms with Crippen LogP contribution in [-0.2, 0) is 9.84 Å². The average Bonchev–Trinajstić information content (AvgIpc) is 2.27. The van der Waals surface area contributed by atoms with Crippen LogP contribution in [0.4, 0.5) is 11.4 Å². The number of nitrogens with one attached hydrogen (secondary N) is 1. The predicted molar refractivity (Wildman–Crippen MR) is 66.4 cm³/mol. The van der Waals surface area contributed by atoms with Crippen molar-refractivity contribution in [3.05, 3.63) is 28.3 Å². The van der Waals surface area contributed by atoms with Crippen LogP contribution in [0.1, 0.15) is 6.92 Å². The number of sulfone groups is 1. The second kappa shape index (κ2) is 5.32. The minimum Gasteiger partial charge on any atom is -0.394 e. The highest BCUT2D eigenvalue weighted by Crippen LogP contribution is 2.28. The van der Waals surface area contributed by atoms with Gasteiger partial charge in [-0.1, -0.05) is 0 Å². The zero-order valence-electron chi connectivity index (χ0n) is 9.95. The monoisotopic (exact) mass is 274 g/mol. The summed E-state index contributed by atoms with van der Waals surface area (Å²) in [6.45, 7) is 1.46. The van der Waals surface area contributed by atoms with Crippen LogP contribution in [0.5, 0.6) is 0 Å². The highest BCUT2D eigenvalue weighted by atomic mass is 32.2. The lowest BCUT2D eigenvalue weighted by atomic mass is 10.2. The molecule has 2 N–H and O–H groups in total. The number of rotatable bonds is 5. The van der Waals surface area contributed by atoms with Gasteiger partial charge in [0.1, 0.15) is 5.69 Å². The Morgan fingerprint density at radius 1 is 1.50 bits per heavy atom. The molecule has 0 amide bonds. The maximum absolute atomic E-state index is 11.3. The van der Waals surface area contributed by atoms with Gasteiger partial charge in [0, 0.05) is 18.4 Å². The number of aliphatic hydroxyl groups excluding tert-OH is 1. The average molecular weight is 274 g/mol. The van der Waals surface area contributed by atoms with Crippen molar-refractivity contribution in [2.24, 2.45) is 0 Å². The molecule has 0 fully saturated rings. The van der Waals surface area contributed by atoms with Gasteiger partial charge in [0.05, 0.1) is 16.4 Å². The van der Waals surface area contributed by atoms with Gasteiger partial charge in [-0.25, -0.2) is 8.42 Å². The van der Waals surface area contributed by atoms with Crippen molar-refractivity contribution in [1.82, 2.24) is 0 Å². The Morgan fingerprint density at radius 3 is 2.56 bits per heavy atom. The SMILES string of the molecule is CC(CO)Nc1ccc(S(C)(=O)=O)cc1[N+](=O)[O-]. The molecule has 1 aromatic carbocycles. The molecule has 18 heavy (non-hydrogen) atoms. The molecule has 7 nitrogen and oxygen atoms in total. The van der Waals surface area contributed by atoms with Crippen LogP contribution in [0.2, 0.25) is 0 Å². The quantitative estimate of drug-likeness (QED) is 0.607. The third-order valence-electron chi connectivity index (χ3n) is 2.27. The van der Waals surface area contributed by atoms with Crippen molar-refractivity contribution < 1.29 is 18.4 Å². The van der Waals surface area contributed by atoms with E-state index >= 15 is 0 Å². The van der Waals surface area contributed by atoms with Gasteiger partial charge >= 0.3 is 0 Å². The minimum atomic E-state index is -3.49. The third kappa shape index (κ3) is 3.41. The lowest BCUT2D eigenvalue weighted by Crippen LogP contribution is -2.20. The molecule has 0 saturated carbocycles.